The first-order chi connectivity index (χ1) is 22.8. The lowest BCUT2D eigenvalue weighted by atomic mass is 9.70. The Hall–Kier alpha value is -3.37. The molecular weight excluding hydrogens is 698 g/mol. The van der Waals surface area contributed by atoms with Gasteiger partial charge in [0.25, 0.3) is 5.91 Å². The first-order valence-electron chi connectivity index (χ1n) is 15.7. The Kier molecular flexibility index (Phi) is 9.99. The maximum Gasteiger partial charge on any atom is 0.251 e. The lowest BCUT2D eigenvalue weighted by molar-refractivity contribution is -0.145. The van der Waals surface area contributed by atoms with E-state index in [1.54, 1.807) is 56.8 Å². The zero-order chi connectivity index (χ0) is 33.3. The van der Waals surface area contributed by atoms with E-state index in [2.05, 4.69) is 29.1 Å². The minimum atomic E-state index is -0.983. The second-order valence-corrected chi connectivity index (χ2v) is 15.3. The number of aliphatic hydroxyl groups is 1. The standard InChI is InChI=1S/C37H37BrClN3O4S/c1-3-19-40(22-24-13-7-5-8-14-24)34(44)30-31-35(45)42(29(23-43)25-15-9-6-10-16-25)33(37(31)21-26(38)32(30)47-37)36(46)41(20-4-2)28-18-12-11-17-27(28)39/h3-18,26,29-33,43H,1-2,19-23H2/t26?,29-,30+,31+,32+,33?,37?/m1/s1. The summed E-state index contributed by atoms with van der Waals surface area (Å²) in [5.41, 5.74) is 2.19. The van der Waals surface area contributed by atoms with Crippen LogP contribution in [0.15, 0.2) is 110 Å². The van der Waals surface area contributed by atoms with E-state index in [-0.39, 0.29) is 34.3 Å². The van der Waals surface area contributed by atoms with Crippen molar-refractivity contribution in [1.29, 1.82) is 0 Å². The Labute approximate surface area is 293 Å². The number of amides is 3. The van der Waals surface area contributed by atoms with Gasteiger partial charge >= 0.3 is 0 Å². The van der Waals surface area contributed by atoms with Gasteiger partial charge in [-0.3, -0.25) is 14.4 Å². The molecule has 3 fully saturated rings. The Morgan fingerprint density at radius 2 is 1.64 bits per heavy atom. The van der Waals surface area contributed by atoms with Gasteiger partial charge in [-0.1, -0.05) is 112 Å². The molecule has 0 aromatic heterocycles. The number of hydrogen-bond acceptors (Lipinski definition) is 5. The van der Waals surface area contributed by atoms with Crippen LogP contribution in [0, 0.1) is 11.8 Å². The van der Waals surface area contributed by atoms with Crippen molar-refractivity contribution in [3.05, 3.63) is 126 Å². The molecule has 0 saturated carbocycles. The molecule has 3 aliphatic heterocycles. The molecule has 3 amide bonds. The summed E-state index contributed by atoms with van der Waals surface area (Å²) >= 11 is 12.1. The molecule has 7 atom stereocenters. The van der Waals surface area contributed by atoms with Gasteiger partial charge in [0, 0.05) is 29.7 Å². The summed E-state index contributed by atoms with van der Waals surface area (Å²) in [4.78, 5) is 49.5. The molecule has 3 aromatic carbocycles. The van der Waals surface area contributed by atoms with Crippen molar-refractivity contribution in [2.24, 2.45) is 11.8 Å². The van der Waals surface area contributed by atoms with Crippen molar-refractivity contribution in [2.45, 2.75) is 39.9 Å². The fourth-order valence-corrected chi connectivity index (χ4v) is 11.5. The first-order valence-corrected chi connectivity index (χ1v) is 17.8. The number of carbonyl (C=O) groups excluding carboxylic acids is 3. The van der Waals surface area contributed by atoms with Crippen molar-refractivity contribution in [3.8, 4) is 0 Å². The van der Waals surface area contributed by atoms with Crippen molar-refractivity contribution in [1.82, 2.24) is 9.80 Å². The average Bonchev–Trinajstić information content (AvgIpc) is 3.68. The molecule has 6 rings (SSSR count). The minimum Gasteiger partial charge on any atom is -0.394 e. The lowest BCUT2D eigenvalue weighted by Crippen LogP contribution is -2.56. The van der Waals surface area contributed by atoms with Gasteiger partial charge in [-0.05, 0) is 29.7 Å². The van der Waals surface area contributed by atoms with Crippen LogP contribution in [0.1, 0.15) is 23.6 Å². The molecule has 47 heavy (non-hydrogen) atoms. The van der Waals surface area contributed by atoms with Crippen LogP contribution in [0.5, 0.6) is 0 Å². The van der Waals surface area contributed by atoms with E-state index in [0.29, 0.717) is 35.8 Å². The largest absolute Gasteiger partial charge is 0.394 e. The molecule has 10 heteroatoms. The second kappa shape index (κ2) is 14.0. The lowest BCUT2D eigenvalue weighted by Gasteiger charge is -2.40. The third-order valence-electron chi connectivity index (χ3n) is 9.54. The average molecular weight is 735 g/mol. The summed E-state index contributed by atoms with van der Waals surface area (Å²) in [5.74, 6) is -2.22. The molecule has 3 aliphatic rings. The fourth-order valence-electron chi connectivity index (χ4n) is 7.65. The molecule has 244 valence electrons. The van der Waals surface area contributed by atoms with Crippen LogP contribution in [0.3, 0.4) is 0 Å². The van der Waals surface area contributed by atoms with E-state index in [1.165, 1.54) is 0 Å². The molecular formula is C37H37BrClN3O4S. The van der Waals surface area contributed by atoms with Crippen LogP contribution >= 0.6 is 39.3 Å². The zero-order valence-electron chi connectivity index (χ0n) is 25.8. The normalized spacial score (nSPS) is 26.5. The number of carbonyl (C=O) groups is 3. The van der Waals surface area contributed by atoms with Crippen LogP contribution in [-0.2, 0) is 20.9 Å². The zero-order valence-corrected chi connectivity index (χ0v) is 29.0. The highest BCUT2D eigenvalue weighted by molar-refractivity contribution is 9.09. The fraction of sp³-hybridized carbons (Fsp3) is 0.324. The number of nitrogens with zero attached hydrogens (tertiary/aromatic N) is 3. The molecule has 7 nitrogen and oxygen atoms in total. The number of rotatable bonds is 12. The number of benzene rings is 3. The summed E-state index contributed by atoms with van der Waals surface area (Å²) < 4.78 is -0.928. The molecule has 3 unspecified atom stereocenters. The van der Waals surface area contributed by atoms with Crippen LogP contribution < -0.4 is 4.90 Å². The van der Waals surface area contributed by atoms with Gasteiger partial charge in [0.05, 0.1) is 39.9 Å². The number of anilines is 1. The van der Waals surface area contributed by atoms with E-state index >= 15 is 4.79 Å². The van der Waals surface area contributed by atoms with E-state index in [0.717, 1.165) is 5.56 Å². The highest BCUT2D eigenvalue weighted by Crippen LogP contribution is 2.69. The molecule has 1 spiro atoms. The van der Waals surface area contributed by atoms with E-state index < -0.39 is 35.3 Å². The first kappa shape index (κ1) is 33.5. The molecule has 3 heterocycles. The quantitative estimate of drug-likeness (QED) is 0.175. The summed E-state index contributed by atoms with van der Waals surface area (Å²) in [7, 11) is 0. The predicted octanol–water partition coefficient (Wildman–Crippen LogP) is 6.27. The molecule has 3 aromatic rings. The van der Waals surface area contributed by atoms with Crippen molar-refractivity contribution in [2.75, 3.05) is 24.6 Å². The number of alkyl halides is 1. The third-order valence-corrected chi connectivity index (χ3v) is 13.1. The highest BCUT2D eigenvalue weighted by Gasteiger charge is 2.76. The topological polar surface area (TPSA) is 81.2 Å². The number of fused-ring (bicyclic) bond motifs is 1. The number of hydrogen-bond donors (Lipinski definition) is 1. The summed E-state index contributed by atoms with van der Waals surface area (Å²) in [6.45, 7) is 8.26. The molecule has 2 bridgehead atoms. The third kappa shape index (κ3) is 5.86. The number of aliphatic hydroxyl groups excluding tert-OH is 1. The second-order valence-electron chi connectivity index (χ2n) is 12.2. The Bertz CT molecular complexity index is 1660. The van der Waals surface area contributed by atoms with Crippen molar-refractivity contribution >= 4 is 62.7 Å². The van der Waals surface area contributed by atoms with Gasteiger partial charge in [-0.2, -0.15) is 0 Å². The Morgan fingerprint density at radius 1 is 1.00 bits per heavy atom. The van der Waals surface area contributed by atoms with Gasteiger partial charge in [-0.25, -0.2) is 0 Å². The summed E-state index contributed by atoms with van der Waals surface area (Å²) in [6, 6.07) is 24.3. The van der Waals surface area contributed by atoms with Crippen LogP contribution in [0.4, 0.5) is 5.69 Å². The monoisotopic (exact) mass is 733 g/mol. The van der Waals surface area contributed by atoms with Crippen LogP contribution in [0.25, 0.3) is 0 Å². The number of likely N-dealkylation sites (tertiary alicyclic amines) is 1. The maximum atomic E-state index is 15.1. The van der Waals surface area contributed by atoms with Gasteiger partial charge in [0.1, 0.15) is 6.04 Å². The summed E-state index contributed by atoms with van der Waals surface area (Å²) in [5, 5.41) is 11.0. The molecule has 3 saturated heterocycles. The van der Waals surface area contributed by atoms with Crippen LogP contribution in [0.2, 0.25) is 5.02 Å². The highest BCUT2D eigenvalue weighted by atomic mass is 79.9. The number of para-hydroxylation sites is 1. The van der Waals surface area contributed by atoms with Crippen LogP contribution in [-0.4, -0.2) is 73.2 Å². The number of halogens is 2. The SMILES string of the molecule is C=CCN(Cc1ccccc1)C(=O)[C@H]1[C@H]2C(=O)N([C@H](CO)c3ccccc3)C(C(=O)N(CC=C)c3ccccc3Cl)C23CC(Br)[C@@H]1S3. The minimum absolute atomic E-state index is 0.111. The predicted molar refractivity (Wildman–Crippen MR) is 191 cm³/mol. The van der Waals surface area contributed by atoms with Gasteiger partial charge < -0.3 is 19.8 Å². The molecule has 0 radical (unpaired) electrons. The molecule has 0 aliphatic carbocycles. The van der Waals surface area contributed by atoms with E-state index in [4.69, 9.17) is 11.6 Å². The van der Waals surface area contributed by atoms with Crippen molar-refractivity contribution in [3.63, 3.8) is 0 Å². The van der Waals surface area contributed by atoms with E-state index in [1.807, 2.05) is 66.7 Å². The van der Waals surface area contributed by atoms with Gasteiger partial charge in [-0.15, -0.1) is 24.9 Å². The maximum absolute atomic E-state index is 15.1. The summed E-state index contributed by atoms with van der Waals surface area (Å²) in [6.07, 6.45) is 3.84. The number of thioether (sulfide) groups is 1. The van der Waals surface area contributed by atoms with Crippen molar-refractivity contribution < 1.29 is 19.5 Å². The Balaban J connectivity index is 1.47. The van der Waals surface area contributed by atoms with Gasteiger partial charge in [0.15, 0.2) is 0 Å². The van der Waals surface area contributed by atoms with Gasteiger partial charge in [0.2, 0.25) is 11.8 Å². The Morgan fingerprint density at radius 3 is 2.28 bits per heavy atom. The smallest absolute Gasteiger partial charge is 0.251 e. The molecule has 1 N–H and O–H groups in total. The van der Waals surface area contributed by atoms with E-state index in [9.17, 15) is 14.7 Å².